The third kappa shape index (κ3) is 4.53. The molecule has 0 amide bonds. The normalized spacial score (nSPS) is 15.3. The van der Waals surface area contributed by atoms with Crippen molar-refractivity contribution in [3.63, 3.8) is 0 Å². The molecular weight excluding hydrogens is 366 g/mol. The molecule has 8 heteroatoms. The minimum absolute atomic E-state index is 0.0493. The van der Waals surface area contributed by atoms with Crippen molar-refractivity contribution in [2.45, 2.75) is 17.7 Å². The van der Waals surface area contributed by atoms with Crippen molar-refractivity contribution < 1.29 is 13.3 Å². The van der Waals surface area contributed by atoms with E-state index >= 15 is 0 Å². The Morgan fingerprint density at radius 3 is 2.48 bits per heavy atom. The summed E-state index contributed by atoms with van der Waals surface area (Å²) in [5, 5.41) is 14.2. The van der Waals surface area contributed by atoms with Gasteiger partial charge in [0.25, 0.3) is 5.69 Å². The SMILES string of the molecule is O=[N+]([O-])c1ccc(NC/C=C/c2ccccc2)c(S(=O)(=O)N2CCCC2)c1. The summed E-state index contributed by atoms with van der Waals surface area (Å²) in [6, 6.07) is 13.6. The molecule has 0 unspecified atom stereocenters. The summed E-state index contributed by atoms with van der Waals surface area (Å²) in [4.78, 5) is 10.5. The lowest BCUT2D eigenvalue weighted by Gasteiger charge is -2.18. The number of anilines is 1. The van der Waals surface area contributed by atoms with E-state index in [2.05, 4.69) is 5.32 Å². The van der Waals surface area contributed by atoms with E-state index in [4.69, 9.17) is 0 Å². The molecule has 142 valence electrons. The molecule has 1 heterocycles. The highest BCUT2D eigenvalue weighted by Crippen LogP contribution is 2.30. The van der Waals surface area contributed by atoms with E-state index < -0.39 is 14.9 Å². The Labute approximate surface area is 158 Å². The number of rotatable bonds is 7. The number of hydrogen-bond acceptors (Lipinski definition) is 5. The Hall–Kier alpha value is -2.71. The van der Waals surface area contributed by atoms with Crippen molar-refractivity contribution in [2.24, 2.45) is 0 Å². The number of benzene rings is 2. The number of hydrogen-bond donors (Lipinski definition) is 1. The van der Waals surface area contributed by atoms with Gasteiger partial charge in [-0.1, -0.05) is 42.5 Å². The topological polar surface area (TPSA) is 92.5 Å². The minimum Gasteiger partial charge on any atom is -0.380 e. The molecule has 1 fully saturated rings. The van der Waals surface area contributed by atoms with Crippen LogP contribution in [0.4, 0.5) is 11.4 Å². The molecule has 7 nitrogen and oxygen atoms in total. The maximum atomic E-state index is 12.9. The molecule has 0 bridgehead atoms. The molecule has 1 aliphatic rings. The zero-order valence-electron chi connectivity index (χ0n) is 14.7. The van der Waals surface area contributed by atoms with Gasteiger partial charge < -0.3 is 5.32 Å². The summed E-state index contributed by atoms with van der Waals surface area (Å²) in [6.45, 7) is 1.28. The molecule has 0 saturated carbocycles. The predicted octanol–water partition coefficient (Wildman–Crippen LogP) is 3.50. The molecule has 1 N–H and O–H groups in total. The molecule has 2 aromatic rings. The number of nitro groups is 1. The quantitative estimate of drug-likeness (QED) is 0.580. The van der Waals surface area contributed by atoms with Crippen LogP contribution in [0.1, 0.15) is 18.4 Å². The van der Waals surface area contributed by atoms with Gasteiger partial charge >= 0.3 is 0 Å². The van der Waals surface area contributed by atoms with E-state index in [9.17, 15) is 18.5 Å². The highest BCUT2D eigenvalue weighted by Gasteiger charge is 2.30. The lowest BCUT2D eigenvalue weighted by atomic mass is 10.2. The molecule has 1 saturated heterocycles. The first kappa shape index (κ1) is 19.1. The summed E-state index contributed by atoms with van der Waals surface area (Å²) in [5.74, 6) is 0. The van der Waals surface area contributed by atoms with Gasteiger partial charge in [0.15, 0.2) is 0 Å². The molecule has 2 aromatic carbocycles. The van der Waals surface area contributed by atoms with Crippen molar-refractivity contribution in [2.75, 3.05) is 25.0 Å². The average molecular weight is 387 g/mol. The van der Waals surface area contributed by atoms with Gasteiger partial charge in [-0.3, -0.25) is 10.1 Å². The van der Waals surface area contributed by atoms with Crippen LogP contribution >= 0.6 is 0 Å². The van der Waals surface area contributed by atoms with Crippen LogP contribution in [-0.2, 0) is 10.0 Å². The predicted molar refractivity (Wildman–Crippen MR) is 105 cm³/mol. The monoisotopic (exact) mass is 387 g/mol. The maximum Gasteiger partial charge on any atom is 0.270 e. The minimum atomic E-state index is -3.77. The summed E-state index contributed by atoms with van der Waals surface area (Å²) < 4.78 is 27.2. The molecule has 0 aliphatic carbocycles. The summed E-state index contributed by atoms with van der Waals surface area (Å²) in [5.41, 5.74) is 1.16. The van der Waals surface area contributed by atoms with Gasteiger partial charge in [0.1, 0.15) is 4.90 Å². The van der Waals surface area contributed by atoms with E-state index in [-0.39, 0.29) is 10.6 Å². The smallest absolute Gasteiger partial charge is 0.270 e. The Bertz CT molecular complexity index is 937. The third-order valence-electron chi connectivity index (χ3n) is 4.38. The standard InChI is InChI=1S/C19H21N3O4S/c23-22(24)17-10-11-18(20-12-6-9-16-7-2-1-3-8-16)19(15-17)27(25,26)21-13-4-5-14-21/h1-3,6-11,15,20H,4-5,12-14H2/b9-6+. The highest BCUT2D eigenvalue weighted by atomic mass is 32.2. The average Bonchev–Trinajstić information content (AvgIpc) is 3.21. The molecule has 0 spiro atoms. The van der Waals surface area contributed by atoms with E-state index in [0.717, 1.165) is 24.5 Å². The zero-order valence-corrected chi connectivity index (χ0v) is 15.6. The van der Waals surface area contributed by atoms with Crippen LogP contribution < -0.4 is 5.32 Å². The number of nitrogens with zero attached hydrogens (tertiary/aromatic N) is 2. The van der Waals surface area contributed by atoms with Crippen LogP contribution in [0.5, 0.6) is 0 Å². The van der Waals surface area contributed by atoms with Crippen molar-refractivity contribution >= 4 is 27.5 Å². The van der Waals surface area contributed by atoms with E-state index in [0.29, 0.717) is 25.3 Å². The Balaban J connectivity index is 1.83. The zero-order chi connectivity index (χ0) is 19.3. The summed E-state index contributed by atoms with van der Waals surface area (Å²) in [7, 11) is -3.77. The molecule has 1 aliphatic heterocycles. The second-order valence-corrected chi connectivity index (χ2v) is 8.15. The fourth-order valence-corrected chi connectivity index (χ4v) is 4.68. The van der Waals surface area contributed by atoms with Crippen molar-refractivity contribution in [3.8, 4) is 0 Å². The summed E-state index contributed by atoms with van der Waals surface area (Å²) >= 11 is 0. The van der Waals surface area contributed by atoms with Gasteiger partial charge in [-0.15, -0.1) is 0 Å². The van der Waals surface area contributed by atoms with Crippen molar-refractivity contribution in [3.05, 3.63) is 70.3 Å². The van der Waals surface area contributed by atoms with E-state index in [1.54, 1.807) is 0 Å². The number of nitrogens with one attached hydrogen (secondary N) is 1. The van der Waals surface area contributed by atoms with Crippen LogP contribution in [0, 0.1) is 10.1 Å². The van der Waals surface area contributed by atoms with Gasteiger partial charge in [0.2, 0.25) is 10.0 Å². The first-order chi connectivity index (χ1) is 13.0. The molecular formula is C19H21N3O4S. The molecule has 27 heavy (non-hydrogen) atoms. The Kier molecular flexibility index (Phi) is 5.88. The van der Waals surface area contributed by atoms with Crippen LogP contribution in [-0.4, -0.2) is 37.3 Å². The Morgan fingerprint density at radius 1 is 1.11 bits per heavy atom. The van der Waals surface area contributed by atoms with Gasteiger partial charge in [0.05, 0.1) is 10.6 Å². The lowest BCUT2D eigenvalue weighted by molar-refractivity contribution is -0.385. The van der Waals surface area contributed by atoms with Gasteiger partial charge in [-0.05, 0) is 24.5 Å². The molecule has 3 rings (SSSR count). The Morgan fingerprint density at radius 2 is 1.81 bits per heavy atom. The molecule has 0 atom stereocenters. The maximum absolute atomic E-state index is 12.9. The van der Waals surface area contributed by atoms with Crippen molar-refractivity contribution in [1.29, 1.82) is 0 Å². The fraction of sp³-hybridized carbons (Fsp3) is 0.263. The van der Waals surface area contributed by atoms with Crippen LogP contribution in [0.15, 0.2) is 59.5 Å². The van der Waals surface area contributed by atoms with Gasteiger partial charge in [0, 0.05) is 31.8 Å². The second-order valence-electron chi connectivity index (χ2n) is 6.24. The largest absolute Gasteiger partial charge is 0.380 e. The second kappa shape index (κ2) is 8.32. The highest BCUT2D eigenvalue weighted by molar-refractivity contribution is 7.89. The van der Waals surface area contributed by atoms with Crippen LogP contribution in [0.3, 0.4) is 0 Å². The van der Waals surface area contributed by atoms with Gasteiger partial charge in [-0.25, -0.2) is 8.42 Å². The third-order valence-corrected chi connectivity index (χ3v) is 6.32. The molecule has 0 radical (unpaired) electrons. The first-order valence-electron chi connectivity index (χ1n) is 8.72. The van der Waals surface area contributed by atoms with Crippen molar-refractivity contribution in [1.82, 2.24) is 4.31 Å². The van der Waals surface area contributed by atoms with Crippen LogP contribution in [0.2, 0.25) is 0 Å². The fourth-order valence-electron chi connectivity index (χ4n) is 2.98. The van der Waals surface area contributed by atoms with E-state index in [1.807, 2.05) is 42.5 Å². The number of nitro benzene ring substituents is 1. The van der Waals surface area contributed by atoms with Crippen LogP contribution in [0.25, 0.3) is 6.08 Å². The molecule has 0 aromatic heterocycles. The van der Waals surface area contributed by atoms with E-state index in [1.165, 1.54) is 16.4 Å². The first-order valence-corrected chi connectivity index (χ1v) is 10.2. The van der Waals surface area contributed by atoms with Gasteiger partial charge in [-0.2, -0.15) is 4.31 Å². The summed E-state index contributed by atoms with van der Waals surface area (Å²) in [6.07, 6.45) is 5.41. The number of sulfonamides is 1. The lowest BCUT2D eigenvalue weighted by Crippen LogP contribution is -2.28. The number of non-ortho nitro benzene ring substituents is 1.